The lowest BCUT2D eigenvalue weighted by atomic mass is 10.0. The van der Waals surface area contributed by atoms with Gasteiger partial charge in [-0.05, 0) is 32.6 Å². The third-order valence-electron chi connectivity index (χ3n) is 3.91. The lowest BCUT2D eigenvalue weighted by Gasteiger charge is -2.14. The molecule has 1 fully saturated rings. The molecule has 7 nitrogen and oxygen atoms in total. The number of aliphatic carboxylic acids is 1. The molecule has 1 aliphatic rings. The predicted octanol–water partition coefficient (Wildman–Crippen LogP) is 1.09. The van der Waals surface area contributed by atoms with E-state index >= 15 is 0 Å². The Balaban J connectivity index is 2.08. The van der Waals surface area contributed by atoms with Crippen LogP contribution >= 0.6 is 0 Å². The highest BCUT2D eigenvalue weighted by Crippen LogP contribution is 2.26. The second kappa shape index (κ2) is 6.15. The van der Waals surface area contributed by atoms with Gasteiger partial charge in [-0.1, -0.05) is 0 Å². The van der Waals surface area contributed by atoms with Crippen molar-refractivity contribution in [3.05, 3.63) is 12.0 Å². The maximum atomic E-state index is 12.5. The second-order valence-electron chi connectivity index (χ2n) is 5.36. The summed E-state index contributed by atoms with van der Waals surface area (Å²) in [7, 11) is -3.57. The average molecular weight is 315 g/mol. The Bertz CT molecular complexity index is 623. The van der Waals surface area contributed by atoms with E-state index in [0.717, 1.165) is 0 Å². The highest BCUT2D eigenvalue weighted by atomic mass is 32.2. The van der Waals surface area contributed by atoms with Crippen molar-refractivity contribution in [1.29, 1.82) is 0 Å². The van der Waals surface area contributed by atoms with Gasteiger partial charge in [-0.2, -0.15) is 4.31 Å². The maximum absolute atomic E-state index is 12.5. The van der Waals surface area contributed by atoms with Crippen LogP contribution in [0.15, 0.2) is 11.2 Å². The SMILES string of the molecule is CCn1cc(S(=O)(=O)N2CCC(CCC(=O)O)C2)nc1C. The van der Waals surface area contributed by atoms with E-state index in [1.54, 1.807) is 17.7 Å². The molecular weight excluding hydrogens is 294 g/mol. The molecule has 0 radical (unpaired) electrons. The molecule has 1 atom stereocenters. The summed E-state index contributed by atoms with van der Waals surface area (Å²) < 4.78 is 28.3. The average Bonchev–Trinajstić information content (AvgIpc) is 3.03. The Morgan fingerprint density at radius 2 is 2.24 bits per heavy atom. The summed E-state index contributed by atoms with van der Waals surface area (Å²) in [6.07, 6.45) is 2.88. The molecule has 1 N–H and O–H groups in total. The van der Waals surface area contributed by atoms with Gasteiger partial charge in [0.15, 0.2) is 5.03 Å². The molecule has 0 aromatic carbocycles. The number of rotatable bonds is 6. The lowest BCUT2D eigenvalue weighted by molar-refractivity contribution is -0.137. The Morgan fingerprint density at radius 3 is 2.81 bits per heavy atom. The fourth-order valence-electron chi connectivity index (χ4n) is 2.63. The summed E-state index contributed by atoms with van der Waals surface area (Å²) in [5, 5.41) is 8.78. The van der Waals surface area contributed by atoms with Crippen LogP contribution in [0, 0.1) is 12.8 Å². The van der Waals surface area contributed by atoms with Crippen LogP contribution < -0.4 is 0 Å². The van der Waals surface area contributed by atoms with Gasteiger partial charge in [-0.25, -0.2) is 13.4 Å². The first-order chi connectivity index (χ1) is 9.84. The standard InChI is InChI=1S/C13H21N3O4S/c1-3-15-9-12(14-10(15)2)21(19,20)16-7-6-11(8-16)4-5-13(17)18/h9,11H,3-8H2,1-2H3,(H,17,18). The molecule has 21 heavy (non-hydrogen) atoms. The molecule has 0 amide bonds. The van der Waals surface area contributed by atoms with Crippen molar-refractivity contribution in [1.82, 2.24) is 13.9 Å². The minimum absolute atomic E-state index is 0.0840. The molecule has 2 rings (SSSR count). The van der Waals surface area contributed by atoms with Crippen LogP contribution in [-0.4, -0.2) is 46.4 Å². The molecule has 8 heteroatoms. The summed E-state index contributed by atoms with van der Waals surface area (Å²) in [6.45, 7) is 5.21. The van der Waals surface area contributed by atoms with Gasteiger partial charge in [0, 0.05) is 32.3 Å². The van der Waals surface area contributed by atoms with Crippen LogP contribution in [-0.2, 0) is 21.4 Å². The van der Waals surface area contributed by atoms with E-state index < -0.39 is 16.0 Å². The number of nitrogens with zero attached hydrogens (tertiary/aromatic N) is 3. The number of sulfonamides is 1. The molecule has 0 bridgehead atoms. The molecule has 0 saturated carbocycles. The van der Waals surface area contributed by atoms with Crippen LogP contribution in [0.3, 0.4) is 0 Å². The smallest absolute Gasteiger partial charge is 0.303 e. The molecule has 1 saturated heterocycles. The zero-order chi connectivity index (χ0) is 15.6. The van der Waals surface area contributed by atoms with E-state index in [-0.39, 0.29) is 17.4 Å². The number of imidazole rings is 1. The predicted molar refractivity (Wildman–Crippen MR) is 76.4 cm³/mol. The number of aryl methyl sites for hydroxylation is 2. The molecule has 0 spiro atoms. The Morgan fingerprint density at radius 1 is 1.52 bits per heavy atom. The minimum atomic E-state index is -3.57. The molecule has 1 aromatic heterocycles. The van der Waals surface area contributed by atoms with Gasteiger partial charge < -0.3 is 9.67 Å². The first-order valence-electron chi connectivity index (χ1n) is 7.10. The van der Waals surface area contributed by atoms with Crippen molar-refractivity contribution in [2.75, 3.05) is 13.1 Å². The number of aromatic nitrogens is 2. The zero-order valence-corrected chi connectivity index (χ0v) is 13.1. The van der Waals surface area contributed by atoms with E-state index in [2.05, 4.69) is 4.98 Å². The Labute approximate surface area is 124 Å². The van der Waals surface area contributed by atoms with Crippen LogP contribution in [0.1, 0.15) is 32.0 Å². The second-order valence-corrected chi connectivity index (χ2v) is 7.25. The summed E-state index contributed by atoms with van der Waals surface area (Å²) in [6, 6.07) is 0. The van der Waals surface area contributed by atoms with Gasteiger partial charge in [-0.15, -0.1) is 0 Å². The van der Waals surface area contributed by atoms with Gasteiger partial charge in [0.1, 0.15) is 5.82 Å². The summed E-state index contributed by atoms with van der Waals surface area (Å²) in [5.41, 5.74) is 0. The van der Waals surface area contributed by atoms with Crippen LogP contribution in [0.5, 0.6) is 0 Å². The number of carboxylic acids is 1. The fourth-order valence-corrected chi connectivity index (χ4v) is 4.16. The van der Waals surface area contributed by atoms with E-state index in [4.69, 9.17) is 5.11 Å². The van der Waals surface area contributed by atoms with Crippen molar-refractivity contribution < 1.29 is 18.3 Å². The monoisotopic (exact) mass is 315 g/mol. The molecule has 0 aliphatic carbocycles. The Hall–Kier alpha value is -1.41. The van der Waals surface area contributed by atoms with Gasteiger partial charge in [0.25, 0.3) is 10.0 Å². The maximum Gasteiger partial charge on any atom is 0.303 e. The van der Waals surface area contributed by atoms with Crippen molar-refractivity contribution >= 4 is 16.0 Å². The molecule has 1 aromatic rings. The number of carbonyl (C=O) groups is 1. The number of carboxylic acid groups (broad SMARTS) is 1. The van der Waals surface area contributed by atoms with Gasteiger partial charge in [0.05, 0.1) is 0 Å². The highest BCUT2D eigenvalue weighted by molar-refractivity contribution is 7.89. The minimum Gasteiger partial charge on any atom is -0.481 e. The summed E-state index contributed by atoms with van der Waals surface area (Å²) in [5.74, 6) is -0.0449. The van der Waals surface area contributed by atoms with E-state index in [1.165, 1.54) is 4.31 Å². The number of hydrogen-bond acceptors (Lipinski definition) is 4. The molecule has 118 valence electrons. The molecule has 2 heterocycles. The Kier molecular flexibility index (Phi) is 4.67. The highest BCUT2D eigenvalue weighted by Gasteiger charge is 2.34. The molecule has 1 unspecified atom stereocenters. The number of hydrogen-bond donors (Lipinski definition) is 1. The lowest BCUT2D eigenvalue weighted by Crippen LogP contribution is -2.29. The van der Waals surface area contributed by atoms with Crippen molar-refractivity contribution in [2.45, 2.75) is 44.7 Å². The largest absolute Gasteiger partial charge is 0.481 e. The van der Waals surface area contributed by atoms with Crippen LogP contribution in [0.25, 0.3) is 0 Å². The van der Waals surface area contributed by atoms with Gasteiger partial charge >= 0.3 is 5.97 Å². The van der Waals surface area contributed by atoms with E-state index in [9.17, 15) is 13.2 Å². The molecular formula is C13H21N3O4S. The quantitative estimate of drug-likeness (QED) is 0.848. The van der Waals surface area contributed by atoms with Crippen LogP contribution in [0.2, 0.25) is 0 Å². The third kappa shape index (κ3) is 3.44. The summed E-state index contributed by atoms with van der Waals surface area (Å²) >= 11 is 0. The fraction of sp³-hybridized carbons (Fsp3) is 0.692. The molecule has 1 aliphatic heterocycles. The van der Waals surface area contributed by atoms with E-state index in [0.29, 0.717) is 38.3 Å². The topological polar surface area (TPSA) is 92.5 Å². The van der Waals surface area contributed by atoms with Gasteiger partial charge in [0.2, 0.25) is 0 Å². The summed E-state index contributed by atoms with van der Waals surface area (Å²) in [4.78, 5) is 14.7. The third-order valence-corrected chi connectivity index (χ3v) is 5.65. The zero-order valence-electron chi connectivity index (χ0n) is 12.3. The van der Waals surface area contributed by atoms with Crippen molar-refractivity contribution in [2.24, 2.45) is 5.92 Å². The first-order valence-corrected chi connectivity index (χ1v) is 8.54. The van der Waals surface area contributed by atoms with Gasteiger partial charge in [-0.3, -0.25) is 4.79 Å². The van der Waals surface area contributed by atoms with Crippen molar-refractivity contribution in [3.63, 3.8) is 0 Å². The first kappa shape index (κ1) is 16.0. The van der Waals surface area contributed by atoms with E-state index in [1.807, 2.05) is 6.92 Å². The normalized spacial score (nSPS) is 20.0. The van der Waals surface area contributed by atoms with Crippen LogP contribution in [0.4, 0.5) is 0 Å². The van der Waals surface area contributed by atoms with Crippen molar-refractivity contribution in [3.8, 4) is 0 Å².